The molecule has 0 saturated heterocycles. The lowest BCUT2D eigenvalue weighted by Gasteiger charge is -2.27. The highest BCUT2D eigenvalue weighted by Crippen LogP contribution is 2.38. The van der Waals surface area contributed by atoms with Crippen molar-refractivity contribution >= 4 is 23.6 Å². The van der Waals surface area contributed by atoms with Gasteiger partial charge in [0.1, 0.15) is 6.04 Å². The molecule has 1 fully saturated rings. The number of esters is 1. The molecule has 1 atom stereocenters. The number of aromatic nitrogens is 1. The summed E-state index contributed by atoms with van der Waals surface area (Å²) < 4.78 is 7.48. The Labute approximate surface area is 181 Å². The normalized spacial score (nSPS) is 16.6. The SMILES string of the molecule is Cc1cc(C(=O)COC(=O)[C@@H](C(C)C)N2C(=O)c3ccccc3C2=O)c(C)n1C1CC1. The molecule has 2 aromatic rings. The zero-order valence-corrected chi connectivity index (χ0v) is 18.2. The fraction of sp³-hybridized carbons (Fsp3) is 0.417. The first-order valence-corrected chi connectivity index (χ1v) is 10.6. The molecule has 1 aromatic heterocycles. The summed E-state index contributed by atoms with van der Waals surface area (Å²) in [5, 5.41) is 0. The molecule has 31 heavy (non-hydrogen) atoms. The molecular weight excluding hydrogens is 396 g/mol. The quantitative estimate of drug-likeness (QED) is 0.387. The largest absolute Gasteiger partial charge is 0.456 e. The van der Waals surface area contributed by atoms with E-state index in [4.69, 9.17) is 4.74 Å². The van der Waals surface area contributed by atoms with Gasteiger partial charge in [-0.2, -0.15) is 0 Å². The van der Waals surface area contributed by atoms with Crippen molar-refractivity contribution in [3.63, 3.8) is 0 Å². The molecule has 0 spiro atoms. The average molecular weight is 422 g/mol. The number of hydrogen-bond donors (Lipinski definition) is 0. The molecule has 7 heteroatoms. The zero-order chi connectivity index (χ0) is 22.4. The summed E-state index contributed by atoms with van der Waals surface area (Å²) in [7, 11) is 0. The molecule has 1 aliphatic heterocycles. The predicted octanol–water partition coefficient (Wildman–Crippen LogP) is 3.49. The molecule has 0 unspecified atom stereocenters. The van der Waals surface area contributed by atoms with E-state index in [0.29, 0.717) is 11.6 Å². The van der Waals surface area contributed by atoms with Crippen LogP contribution in [-0.2, 0) is 9.53 Å². The highest BCUT2D eigenvalue weighted by atomic mass is 16.5. The summed E-state index contributed by atoms with van der Waals surface area (Å²) >= 11 is 0. The van der Waals surface area contributed by atoms with E-state index in [2.05, 4.69) is 4.57 Å². The maximum Gasteiger partial charge on any atom is 0.330 e. The standard InChI is InChI=1S/C24H26N2O5/c1-13(2)21(26-22(28)17-7-5-6-8-18(17)23(26)29)24(30)31-12-20(27)19-11-14(3)25(15(19)4)16-9-10-16/h5-8,11,13,16,21H,9-10,12H2,1-4H3/t21-/m1/s1. The number of amides is 2. The number of imide groups is 1. The summed E-state index contributed by atoms with van der Waals surface area (Å²) in [4.78, 5) is 52.2. The van der Waals surface area contributed by atoms with Gasteiger partial charge in [-0.15, -0.1) is 0 Å². The van der Waals surface area contributed by atoms with Crippen LogP contribution in [0.3, 0.4) is 0 Å². The van der Waals surface area contributed by atoms with Gasteiger partial charge in [0.15, 0.2) is 6.61 Å². The summed E-state index contributed by atoms with van der Waals surface area (Å²) in [5.41, 5.74) is 2.98. The van der Waals surface area contributed by atoms with E-state index >= 15 is 0 Å². The van der Waals surface area contributed by atoms with Crippen LogP contribution in [0.4, 0.5) is 0 Å². The van der Waals surface area contributed by atoms with Crippen molar-refractivity contribution in [2.75, 3.05) is 6.61 Å². The number of carbonyl (C=O) groups is 4. The molecule has 0 radical (unpaired) electrons. The topological polar surface area (TPSA) is 85.7 Å². The molecule has 7 nitrogen and oxygen atoms in total. The van der Waals surface area contributed by atoms with Crippen molar-refractivity contribution in [1.82, 2.24) is 9.47 Å². The molecule has 2 amide bonds. The van der Waals surface area contributed by atoms with Crippen LogP contribution in [0, 0.1) is 19.8 Å². The molecular formula is C24H26N2O5. The van der Waals surface area contributed by atoms with Gasteiger partial charge in [-0.05, 0) is 50.8 Å². The number of nitrogens with zero attached hydrogens (tertiary/aromatic N) is 2. The fourth-order valence-electron chi connectivity index (χ4n) is 4.39. The van der Waals surface area contributed by atoms with Gasteiger partial charge in [-0.25, -0.2) is 4.79 Å². The van der Waals surface area contributed by atoms with E-state index in [1.54, 1.807) is 38.1 Å². The molecule has 4 rings (SSSR count). The minimum absolute atomic E-state index is 0.273. The number of carbonyl (C=O) groups excluding carboxylic acids is 4. The predicted molar refractivity (Wildman–Crippen MR) is 113 cm³/mol. The molecule has 1 aliphatic carbocycles. The Morgan fingerprint density at radius 3 is 2.16 bits per heavy atom. The summed E-state index contributed by atoms with van der Waals surface area (Å²) in [6, 6.07) is 7.66. The number of benzene rings is 1. The third-order valence-corrected chi connectivity index (χ3v) is 6.02. The van der Waals surface area contributed by atoms with E-state index in [1.807, 2.05) is 19.9 Å². The maximum atomic E-state index is 12.9. The number of fused-ring (bicyclic) bond motifs is 1. The first-order valence-electron chi connectivity index (χ1n) is 10.6. The van der Waals surface area contributed by atoms with Gasteiger partial charge >= 0.3 is 5.97 Å². The molecule has 1 saturated carbocycles. The summed E-state index contributed by atoms with van der Waals surface area (Å²) in [6.45, 7) is 6.91. The molecule has 162 valence electrons. The number of Topliss-reactive ketones (excluding diaryl/α,β-unsaturated/α-hetero) is 1. The molecule has 0 bridgehead atoms. The van der Waals surface area contributed by atoms with E-state index < -0.39 is 30.4 Å². The number of aryl methyl sites for hydroxylation is 1. The third-order valence-electron chi connectivity index (χ3n) is 6.02. The van der Waals surface area contributed by atoms with Crippen molar-refractivity contribution in [2.45, 2.75) is 52.6 Å². The van der Waals surface area contributed by atoms with E-state index in [1.165, 1.54) is 0 Å². The maximum absolute atomic E-state index is 12.9. The minimum Gasteiger partial charge on any atom is -0.456 e. The molecule has 0 N–H and O–H groups in total. The van der Waals surface area contributed by atoms with Gasteiger partial charge < -0.3 is 9.30 Å². The van der Waals surface area contributed by atoms with Crippen LogP contribution in [0.5, 0.6) is 0 Å². The minimum atomic E-state index is -1.10. The van der Waals surface area contributed by atoms with Gasteiger partial charge in [0.2, 0.25) is 5.78 Å². The van der Waals surface area contributed by atoms with Crippen molar-refractivity contribution in [3.8, 4) is 0 Å². The van der Waals surface area contributed by atoms with Crippen LogP contribution in [-0.4, -0.2) is 45.7 Å². The Bertz CT molecular complexity index is 1060. The molecule has 1 aromatic carbocycles. The first kappa shape index (κ1) is 21.0. The lowest BCUT2D eigenvalue weighted by molar-refractivity contribution is -0.148. The van der Waals surface area contributed by atoms with Crippen molar-refractivity contribution in [2.24, 2.45) is 5.92 Å². The number of rotatable bonds is 7. The fourth-order valence-corrected chi connectivity index (χ4v) is 4.39. The second-order valence-electron chi connectivity index (χ2n) is 8.63. The lowest BCUT2D eigenvalue weighted by atomic mass is 10.0. The van der Waals surface area contributed by atoms with Crippen LogP contribution >= 0.6 is 0 Å². The van der Waals surface area contributed by atoms with Crippen LogP contribution in [0.25, 0.3) is 0 Å². The Hall–Kier alpha value is -3.22. The Balaban J connectivity index is 1.49. The zero-order valence-electron chi connectivity index (χ0n) is 18.2. The second-order valence-corrected chi connectivity index (χ2v) is 8.63. The highest BCUT2D eigenvalue weighted by molar-refractivity contribution is 6.22. The van der Waals surface area contributed by atoms with E-state index in [-0.39, 0.29) is 22.8 Å². The number of hydrogen-bond acceptors (Lipinski definition) is 5. The molecule has 2 aliphatic rings. The summed E-state index contributed by atoms with van der Waals surface area (Å²) in [5.74, 6) is -2.46. The molecule has 2 heterocycles. The van der Waals surface area contributed by atoms with Gasteiger partial charge in [0, 0.05) is 23.0 Å². The van der Waals surface area contributed by atoms with Crippen molar-refractivity contribution in [1.29, 1.82) is 0 Å². The Morgan fingerprint density at radius 2 is 1.65 bits per heavy atom. The van der Waals surface area contributed by atoms with Gasteiger partial charge in [-0.3, -0.25) is 19.3 Å². The second kappa shape index (κ2) is 7.80. The van der Waals surface area contributed by atoms with Crippen LogP contribution in [0.15, 0.2) is 30.3 Å². The van der Waals surface area contributed by atoms with Gasteiger partial charge in [-0.1, -0.05) is 26.0 Å². The lowest BCUT2D eigenvalue weighted by Crippen LogP contribution is -2.49. The Morgan fingerprint density at radius 1 is 1.06 bits per heavy atom. The third kappa shape index (κ3) is 3.58. The Kier molecular flexibility index (Phi) is 5.29. The number of ketones is 1. The van der Waals surface area contributed by atoms with Gasteiger partial charge in [0.05, 0.1) is 11.1 Å². The monoisotopic (exact) mass is 422 g/mol. The van der Waals surface area contributed by atoms with Crippen LogP contribution < -0.4 is 0 Å². The van der Waals surface area contributed by atoms with Crippen LogP contribution in [0.1, 0.15) is 75.2 Å². The first-order chi connectivity index (χ1) is 14.7. The van der Waals surface area contributed by atoms with Gasteiger partial charge in [0.25, 0.3) is 11.8 Å². The van der Waals surface area contributed by atoms with E-state index in [9.17, 15) is 19.2 Å². The van der Waals surface area contributed by atoms with E-state index in [0.717, 1.165) is 29.1 Å². The van der Waals surface area contributed by atoms with Crippen LogP contribution in [0.2, 0.25) is 0 Å². The summed E-state index contributed by atoms with van der Waals surface area (Å²) in [6.07, 6.45) is 2.21. The number of ether oxygens (including phenoxy) is 1. The van der Waals surface area contributed by atoms with Crippen molar-refractivity contribution in [3.05, 3.63) is 58.4 Å². The highest BCUT2D eigenvalue weighted by Gasteiger charge is 2.44. The van der Waals surface area contributed by atoms with Crippen molar-refractivity contribution < 1.29 is 23.9 Å². The average Bonchev–Trinajstić information content (AvgIpc) is 3.48. The smallest absolute Gasteiger partial charge is 0.330 e.